The van der Waals surface area contributed by atoms with E-state index < -0.39 is 0 Å². The molecule has 1 amide bonds. The molecule has 2 heterocycles. The monoisotopic (exact) mass is 352 g/mol. The molecule has 25 heavy (non-hydrogen) atoms. The van der Waals surface area contributed by atoms with Crippen molar-refractivity contribution >= 4 is 23.3 Å². The van der Waals surface area contributed by atoms with Gasteiger partial charge in [0.2, 0.25) is 5.91 Å². The molecule has 2 aromatic heterocycles. The quantitative estimate of drug-likeness (QED) is 0.676. The summed E-state index contributed by atoms with van der Waals surface area (Å²) in [6.07, 6.45) is 5.18. The lowest BCUT2D eigenvalue weighted by atomic mass is 9.87. The number of hydrogen-bond acceptors (Lipinski definition) is 4. The molecule has 0 aliphatic heterocycles. The summed E-state index contributed by atoms with van der Waals surface area (Å²) in [5.74, 6) is 0.490. The van der Waals surface area contributed by atoms with E-state index in [4.69, 9.17) is 0 Å². The van der Waals surface area contributed by atoms with Gasteiger partial charge in [0, 0.05) is 13.2 Å². The highest BCUT2D eigenvalue weighted by molar-refractivity contribution is 7.99. The van der Waals surface area contributed by atoms with E-state index in [1.807, 2.05) is 40.7 Å². The van der Waals surface area contributed by atoms with Gasteiger partial charge in [0.25, 0.3) is 0 Å². The summed E-state index contributed by atoms with van der Waals surface area (Å²) in [4.78, 5) is 14.6. The molecule has 4 rings (SSSR count). The van der Waals surface area contributed by atoms with Crippen LogP contribution < -0.4 is 0 Å². The SMILES string of the molecule is CN(C(=O)CSc1nnc2ccccn12)[C@@H]1CCCc2ccccc21. The van der Waals surface area contributed by atoms with Crippen LogP contribution in [0.25, 0.3) is 5.65 Å². The maximum Gasteiger partial charge on any atom is 0.233 e. The van der Waals surface area contributed by atoms with E-state index in [9.17, 15) is 4.79 Å². The van der Waals surface area contributed by atoms with Crippen molar-refractivity contribution in [2.45, 2.75) is 30.5 Å². The number of carbonyl (C=O) groups excluding carboxylic acids is 1. The van der Waals surface area contributed by atoms with E-state index in [1.165, 1.54) is 22.9 Å². The second-order valence-electron chi connectivity index (χ2n) is 6.31. The van der Waals surface area contributed by atoms with Crippen LogP contribution >= 0.6 is 11.8 Å². The number of benzene rings is 1. The molecule has 0 spiro atoms. The van der Waals surface area contributed by atoms with Crippen LogP contribution in [0.5, 0.6) is 0 Å². The summed E-state index contributed by atoms with van der Waals surface area (Å²) in [6, 6.07) is 14.4. The summed E-state index contributed by atoms with van der Waals surface area (Å²) in [7, 11) is 1.91. The highest BCUT2D eigenvalue weighted by Gasteiger charge is 2.26. The average molecular weight is 352 g/mol. The maximum atomic E-state index is 12.7. The smallest absolute Gasteiger partial charge is 0.233 e. The van der Waals surface area contributed by atoms with Crippen LogP contribution in [-0.2, 0) is 11.2 Å². The van der Waals surface area contributed by atoms with Crippen molar-refractivity contribution in [1.29, 1.82) is 0 Å². The molecule has 5 nitrogen and oxygen atoms in total. The number of pyridine rings is 1. The van der Waals surface area contributed by atoms with Gasteiger partial charge in [0.05, 0.1) is 11.8 Å². The topological polar surface area (TPSA) is 50.5 Å². The minimum absolute atomic E-state index is 0.124. The van der Waals surface area contributed by atoms with E-state index in [0.717, 1.165) is 30.1 Å². The van der Waals surface area contributed by atoms with Crippen LogP contribution in [0.4, 0.5) is 0 Å². The molecule has 0 unspecified atom stereocenters. The second-order valence-corrected chi connectivity index (χ2v) is 7.25. The van der Waals surface area contributed by atoms with Crippen molar-refractivity contribution in [3.05, 3.63) is 59.8 Å². The fourth-order valence-electron chi connectivity index (χ4n) is 3.45. The molecule has 1 aliphatic rings. The van der Waals surface area contributed by atoms with E-state index in [-0.39, 0.29) is 11.9 Å². The van der Waals surface area contributed by atoms with Crippen molar-refractivity contribution in [3.8, 4) is 0 Å². The zero-order chi connectivity index (χ0) is 17.2. The number of rotatable bonds is 4. The Kier molecular flexibility index (Phi) is 4.44. The Labute approximate surface area is 151 Å². The Hall–Kier alpha value is -2.34. The minimum Gasteiger partial charge on any atom is -0.338 e. The third kappa shape index (κ3) is 3.14. The summed E-state index contributed by atoms with van der Waals surface area (Å²) in [5.41, 5.74) is 3.46. The molecule has 1 atom stereocenters. The maximum absolute atomic E-state index is 12.7. The number of thioether (sulfide) groups is 1. The van der Waals surface area contributed by atoms with Gasteiger partial charge in [0.15, 0.2) is 10.8 Å². The van der Waals surface area contributed by atoms with Crippen molar-refractivity contribution in [1.82, 2.24) is 19.5 Å². The standard InChI is InChI=1S/C19H20N4OS/c1-22(16-10-6-8-14-7-2-3-9-15(14)16)18(24)13-25-19-21-20-17-11-4-5-12-23(17)19/h2-5,7,9,11-12,16H,6,8,10,13H2,1H3/t16-/m1/s1. The first-order valence-corrected chi connectivity index (χ1v) is 9.48. The van der Waals surface area contributed by atoms with Crippen LogP contribution in [0.2, 0.25) is 0 Å². The van der Waals surface area contributed by atoms with E-state index in [1.54, 1.807) is 0 Å². The molecule has 1 aliphatic carbocycles. The number of fused-ring (bicyclic) bond motifs is 2. The van der Waals surface area contributed by atoms with E-state index in [2.05, 4.69) is 34.5 Å². The van der Waals surface area contributed by atoms with Crippen LogP contribution in [0.3, 0.4) is 0 Å². The molecular formula is C19H20N4OS. The Morgan fingerprint density at radius 1 is 1.24 bits per heavy atom. The summed E-state index contributed by atoms with van der Waals surface area (Å²) in [5, 5.41) is 9.06. The lowest BCUT2D eigenvalue weighted by Crippen LogP contribution is -2.34. The predicted octanol–water partition coefficient (Wildman–Crippen LogP) is 3.36. The van der Waals surface area contributed by atoms with Gasteiger partial charge in [0.1, 0.15) is 0 Å². The Morgan fingerprint density at radius 2 is 2.08 bits per heavy atom. The van der Waals surface area contributed by atoms with E-state index >= 15 is 0 Å². The number of amides is 1. The molecular weight excluding hydrogens is 332 g/mol. The van der Waals surface area contributed by atoms with E-state index in [0.29, 0.717) is 5.75 Å². The lowest BCUT2D eigenvalue weighted by molar-refractivity contribution is -0.129. The molecule has 0 fully saturated rings. The average Bonchev–Trinajstić information content (AvgIpc) is 3.08. The van der Waals surface area contributed by atoms with Crippen LogP contribution in [0.15, 0.2) is 53.8 Å². The Bertz CT molecular complexity index is 907. The minimum atomic E-state index is 0.124. The van der Waals surface area contributed by atoms with Crippen LogP contribution in [0.1, 0.15) is 30.0 Å². The summed E-state index contributed by atoms with van der Waals surface area (Å²) >= 11 is 1.44. The largest absolute Gasteiger partial charge is 0.338 e. The first-order valence-electron chi connectivity index (χ1n) is 8.50. The molecule has 128 valence electrons. The number of aryl methyl sites for hydroxylation is 1. The first-order chi connectivity index (χ1) is 12.2. The van der Waals surface area contributed by atoms with Crippen molar-refractivity contribution in [2.75, 3.05) is 12.8 Å². The zero-order valence-electron chi connectivity index (χ0n) is 14.1. The van der Waals surface area contributed by atoms with Crippen molar-refractivity contribution in [2.24, 2.45) is 0 Å². The molecule has 0 N–H and O–H groups in total. The van der Waals surface area contributed by atoms with Gasteiger partial charge in [-0.15, -0.1) is 10.2 Å². The molecule has 1 aromatic carbocycles. The van der Waals surface area contributed by atoms with Gasteiger partial charge < -0.3 is 4.90 Å². The zero-order valence-corrected chi connectivity index (χ0v) is 14.9. The molecule has 0 saturated carbocycles. The van der Waals surface area contributed by atoms with Gasteiger partial charge in [-0.1, -0.05) is 42.1 Å². The van der Waals surface area contributed by atoms with Gasteiger partial charge >= 0.3 is 0 Å². The molecule has 0 radical (unpaired) electrons. The predicted molar refractivity (Wildman–Crippen MR) is 98.6 cm³/mol. The van der Waals surface area contributed by atoms with Gasteiger partial charge in [-0.2, -0.15) is 0 Å². The third-order valence-corrected chi connectivity index (χ3v) is 5.73. The molecule has 6 heteroatoms. The summed E-state index contributed by atoms with van der Waals surface area (Å²) in [6.45, 7) is 0. The molecule has 0 saturated heterocycles. The first kappa shape index (κ1) is 16.1. The number of nitrogens with zero attached hydrogens (tertiary/aromatic N) is 4. The number of aromatic nitrogens is 3. The molecule has 0 bridgehead atoms. The fraction of sp³-hybridized carbons (Fsp3) is 0.316. The number of hydrogen-bond donors (Lipinski definition) is 0. The molecule has 3 aromatic rings. The van der Waals surface area contributed by atoms with Gasteiger partial charge in [-0.25, -0.2) is 0 Å². The number of carbonyl (C=O) groups is 1. The highest BCUT2D eigenvalue weighted by Crippen LogP contribution is 2.33. The normalized spacial score (nSPS) is 16.6. The van der Waals surface area contributed by atoms with Gasteiger partial charge in [-0.3, -0.25) is 9.20 Å². The summed E-state index contributed by atoms with van der Waals surface area (Å²) < 4.78 is 1.91. The van der Waals surface area contributed by atoms with Crippen molar-refractivity contribution < 1.29 is 4.79 Å². The van der Waals surface area contributed by atoms with Crippen LogP contribution in [0, 0.1) is 0 Å². The lowest BCUT2D eigenvalue weighted by Gasteiger charge is -2.33. The van der Waals surface area contributed by atoms with Crippen molar-refractivity contribution in [3.63, 3.8) is 0 Å². The van der Waals surface area contributed by atoms with Gasteiger partial charge in [-0.05, 0) is 42.5 Å². The second kappa shape index (κ2) is 6.88. The van der Waals surface area contributed by atoms with Crippen LogP contribution in [-0.4, -0.2) is 38.2 Å². The third-order valence-electron chi connectivity index (χ3n) is 4.81. The highest BCUT2D eigenvalue weighted by atomic mass is 32.2. The fourth-order valence-corrected chi connectivity index (χ4v) is 4.30. The Balaban J connectivity index is 1.46. The Morgan fingerprint density at radius 3 is 3.00 bits per heavy atom.